The van der Waals surface area contributed by atoms with E-state index in [2.05, 4.69) is 10.9 Å². The molecule has 6 nitrogen and oxygen atoms in total. The zero-order valence-corrected chi connectivity index (χ0v) is 17.3. The zero-order valence-electron chi connectivity index (χ0n) is 15.7. The van der Waals surface area contributed by atoms with E-state index in [0.29, 0.717) is 23.8 Å². The number of hydrazine groups is 1. The maximum atomic E-state index is 12.8. The molecule has 0 aliphatic carbocycles. The van der Waals surface area contributed by atoms with Gasteiger partial charge in [-0.05, 0) is 55.5 Å². The van der Waals surface area contributed by atoms with Gasteiger partial charge in [0, 0.05) is 24.5 Å². The third-order valence-electron chi connectivity index (χ3n) is 4.85. The van der Waals surface area contributed by atoms with E-state index >= 15 is 0 Å². The topological polar surface area (TPSA) is 78.5 Å². The van der Waals surface area contributed by atoms with Crippen molar-refractivity contribution in [1.82, 2.24) is 9.73 Å². The third kappa shape index (κ3) is 5.04. The molecular formula is C20H24ClN3O3S. The van der Waals surface area contributed by atoms with Crippen LogP contribution in [0.5, 0.6) is 0 Å². The molecule has 1 saturated heterocycles. The van der Waals surface area contributed by atoms with Crippen LogP contribution < -0.4 is 10.9 Å². The highest BCUT2D eigenvalue weighted by Gasteiger charge is 2.31. The zero-order chi connectivity index (χ0) is 20.1. The van der Waals surface area contributed by atoms with E-state index in [1.807, 2.05) is 19.1 Å². The van der Waals surface area contributed by atoms with Crippen molar-refractivity contribution in [3.8, 4) is 0 Å². The number of halogens is 1. The number of rotatable bonds is 6. The van der Waals surface area contributed by atoms with E-state index in [0.717, 1.165) is 18.4 Å². The monoisotopic (exact) mass is 421 g/mol. The number of amides is 1. The predicted octanol–water partition coefficient (Wildman–Crippen LogP) is 3.58. The lowest BCUT2D eigenvalue weighted by Crippen LogP contribution is -2.41. The molecule has 0 saturated carbocycles. The molecule has 0 spiro atoms. The van der Waals surface area contributed by atoms with Crippen LogP contribution in [0.1, 0.15) is 24.8 Å². The van der Waals surface area contributed by atoms with Gasteiger partial charge in [0.25, 0.3) is 0 Å². The number of sulfonamides is 1. The van der Waals surface area contributed by atoms with Crippen LogP contribution in [0.25, 0.3) is 0 Å². The summed E-state index contributed by atoms with van der Waals surface area (Å²) >= 11 is 6.08. The summed E-state index contributed by atoms with van der Waals surface area (Å²) in [5.74, 6) is -0.198. The average Bonchev–Trinajstić information content (AvgIpc) is 2.70. The van der Waals surface area contributed by atoms with Gasteiger partial charge in [0.05, 0.1) is 10.6 Å². The number of carbonyl (C=O) groups excluding carboxylic acids is 1. The molecule has 28 heavy (non-hydrogen) atoms. The SMILES string of the molecule is Cc1ccc(NNC(=O)CC2CCCN(S(=O)(=O)c3ccccc3)C2)cc1Cl. The summed E-state index contributed by atoms with van der Waals surface area (Å²) in [6.07, 6.45) is 1.82. The largest absolute Gasteiger partial charge is 0.299 e. The summed E-state index contributed by atoms with van der Waals surface area (Å²) < 4.78 is 27.1. The summed E-state index contributed by atoms with van der Waals surface area (Å²) in [7, 11) is -3.52. The Bertz CT molecular complexity index is 935. The van der Waals surface area contributed by atoms with Gasteiger partial charge in [-0.25, -0.2) is 8.42 Å². The summed E-state index contributed by atoms with van der Waals surface area (Å²) in [5, 5.41) is 0.619. The molecule has 1 aliphatic heterocycles. The van der Waals surface area contributed by atoms with Crippen LogP contribution in [0.2, 0.25) is 5.02 Å². The van der Waals surface area contributed by atoms with Crippen molar-refractivity contribution in [1.29, 1.82) is 0 Å². The summed E-state index contributed by atoms with van der Waals surface area (Å²) in [4.78, 5) is 12.6. The Labute approximate surface area is 170 Å². The van der Waals surface area contributed by atoms with Gasteiger partial charge in [-0.2, -0.15) is 4.31 Å². The van der Waals surface area contributed by atoms with Crippen LogP contribution in [0.3, 0.4) is 0 Å². The van der Waals surface area contributed by atoms with Crippen LogP contribution in [0, 0.1) is 12.8 Å². The molecule has 1 atom stereocenters. The minimum absolute atomic E-state index is 0.0179. The number of piperidine rings is 1. The van der Waals surface area contributed by atoms with Gasteiger partial charge in [-0.3, -0.25) is 15.6 Å². The molecule has 0 radical (unpaired) electrons. The average molecular weight is 422 g/mol. The van der Waals surface area contributed by atoms with Gasteiger partial charge in [-0.15, -0.1) is 0 Å². The normalized spacial score (nSPS) is 17.9. The second-order valence-electron chi connectivity index (χ2n) is 7.03. The van der Waals surface area contributed by atoms with Crippen molar-refractivity contribution in [2.24, 2.45) is 5.92 Å². The molecule has 8 heteroatoms. The molecule has 3 rings (SSSR count). The van der Waals surface area contributed by atoms with Crippen LogP contribution in [0.4, 0.5) is 5.69 Å². The van der Waals surface area contributed by atoms with E-state index in [1.165, 1.54) is 4.31 Å². The van der Waals surface area contributed by atoms with Gasteiger partial charge >= 0.3 is 0 Å². The number of aryl methyl sites for hydroxylation is 1. The summed E-state index contributed by atoms with van der Waals surface area (Å²) in [6.45, 7) is 2.74. The Morgan fingerprint density at radius 1 is 1.21 bits per heavy atom. The minimum Gasteiger partial charge on any atom is -0.299 e. The molecule has 1 fully saturated rings. The second kappa shape index (κ2) is 8.94. The molecular weight excluding hydrogens is 398 g/mol. The predicted molar refractivity (Wildman–Crippen MR) is 110 cm³/mol. The fourth-order valence-electron chi connectivity index (χ4n) is 3.28. The van der Waals surface area contributed by atoms with E-state index in [-0.39, 0.29) is 23.1 Å². The first-order chi connectivity index (χ1) is 13.4. The third-order valence-corrected chi connectivity index (χ3v) is 7.14. The van der Waals surface area contributed by atoms with E-state index in [9.17, 15) is 13.2 Å². The number of anilines is 1. The minimum atomic E-state index is -3.52. The van der Waals surface area contributed by atoms with E-state index < -0.39 is 10.0 Å². The summed E-state index contributed by atoms with van der Waals surface area (Å²) in [6, 6.07) is 13.9. The molecule has 0 aromatic heterocycles. The van der Waals surface area contributed by atoms with Gasteiger partial charge in [0.2, 0.25) is 15.9 Å². The maximum absolute atomic E-state index is 12.8. The number of nitrogens with zero attached hydrogens (tertiary/aromatic N) is 1. The lowest BCUT2D eigenvalue weighted by molar-refractivity contribution is -0.121. The molecule has 2 aromatic rings. The molecule has 1 unspecified atom stereocenters. The highest BCUT2D eigenvalue weighted by Crippen LogP contribution is 2.25. The smallest absolute Gasteiger partial charge is 0.243 e. The first-order valence-electron chi connectivity index (χ1n) is 9.22. The highest BCUT2D eigenvalue weighted by atomic mass is 35.5. The van der Waals surface area contributed by atoms with E-state index in [4.69, 9.17) is 11.6 Å². The van der Waals surface area contributed by atoms with Crippen molar-refractivity contribution >= 4 is 33.2 Å². The van der Waals surface area contributed by atoms with Crippen LogP contribution in [0.15, 0.2) is 53.4 Å². The molecule has 1 amide bonds. The van der Waals surface area contributed by atoms with Crippen LogP contribution in [-0.4, -0.2) is 31.7 Å². The lowest BCUT2D eigenvalue weighted by Gasteiger charge is -2.31. The lowest BCUT2D eigenvalue weighted by atomic mass is 9.96. The molecule has 1 heterocycles. The van der Waals surface area contributed by atoms with Gasteiger partial charge < -0.3 is 0 Å². The number of nitrogens with one attached hydrogen (secondary N) is 2. The van der Waals surface area contributed by atoms with Gasteiger partial charge in [0.1, 0.15) is 0 Å². The Morgan fingerprint density at radius 3 is 2.68 bits per heavy atom. The number of carbonyl (C=O) groups is 1. The number of hydrogen-bond acceptors (Lipinski definition) is 4. The summed E-state index contributed by atoms with van der Waals surface area (Å²) in [5.41, 5.74) is 7.17. The Morgan fingerprint density at radius 2 is 1.96 bits per heavy atom. The van der Waals surface area contributed by atoms with Gasteiger partial charge in [-0.1, -0.05) is 35.9 Å². The Balaban J connectivity index is 1.55. The fraction of sp³-hybridized carbons (Fsp3) is 0.350. The van der Waals surface area contributed by atoms with Crippen molar-refractivity contribution < 1.29 is 13.2 Å². The molecule has 0 bridgehead atoms. The highest BCUT2D eigenvalue weighted by molar-refractivity contribution is 7.89. The van der Waals surface area contributed by atoms with Crippen molar-refractivity contribution in [3.05, 3.63) is 59.1 Å². The Hall–Kier alpha value is -2.09. The van der Waals surface area contributed by atoms with Crippen molar-refractivity contribution in [3.63, 3.8) is 0 Å². The van der Waals surface area contributed by atoms with Crippen molar-refractivity contribution in [2.75, 3.05) is 18.5 Å². The standard InChI is InChI=1S/C20H24ClN3O3S/c1-15-9-10-17(13-19(15)21)22-23-20(25)12-16-6-5-11-24(14-16)28(26,27)18-7-3-2-4-8-18/h2-4,7-10,13,16,22H,5-6,11-12,14H2,1H3,(H,23,25). The Kier molecular flexibility index (Phi) is 6.59. The molecule has 1 aliphatic rings. The number of hydrogen-bond donors (Lipinski definition) is 2. The maximum Gasteiger partial charge on any atom is 0.243 e. The first-order valence-corrected chi connectivity index (χ1v) is 11.0. The fourth-order valence-corrected chi connectivity index (χ4v) is 5.04. The molecule has 2 aromatic carbocycles. The van der Waals surface area contributed by atoms with Gasteiger partial charge in [0.15, 0.2) is 0 Å². The van der Waals surface area contributed by atoms with Crippen molar-refractivity contribution in [2.45, 2.75) is 31.1 Å². The van der Waals surface area contributed by atoms with E-state index in [1.54, 1.807) is 36.4 Å². The second-order valence-corrected chi connectivity index (χ2v) is 9.37. The quantitative estimate of drug-likeness (QED) is 0.699. The number of benzene rings is 2. The molecule has 2 N–H and O–H groups in total. The van der Waals surface area contributed by atoms with Crippen LogP contribution >= 0.6 is 11.6 Å². The molecule has 150 valence electrons. The first kappa shape index (κ1) is 20.6. The van der Waals surface area contributed by atoms with Crippen LogP contribution in [-0.2, 0) is 14.8 Å².